The van der Waals surface area contributed by atoms with Crippen molar-refractivity contribution in [2.75, 3.05) is 19.8 Å². The molecule has 1 aliphatic rings. The number of carbonyl (C=O) groups is 1. The molecule has 1 unspecified atom stereocenters. The van der Waals surface area contributed by atoms with E-state index in [4.69, 9.17) is 24.3 Å². The third kappa shape index (κ3) is 7.29. The summed E-state index contributed by atoms with van der Waals surface area (Å²) in [7, 11) is -0.159. The zero-order valence-corrected chi connectivity index (χ0v) is 29.2. The Morgan fingerprint density at radius 3 is 2.45 bits per heavy atom. The Labute approximate surface area is 263 Å². The molecule has 1 atom stereocenters. The van der Waals surface area contributed by atoms with E-state index in [1.165, 1.54) is 0 Å². The molecule has 0 saturated carbocycles. The fourth-order valence-electron chi connectivity index (χ4n) is 6.40. The number of amides is 1. The number of hydrogen-bond donors (Lipinski definition) is 1. The van der Waals surface area contributed by atoms with Gasteiger partial charge >= 0.3 is 6.09 Å². The second kappa shape index (κ2) is 13.7. The molecule has 1 N–H and O–H groups in total. The summed E-state index contributed by atoms with van der Waals surface area (Å²) in [5.74, 6) is 4.15. The summed E-state index contributed by atoms with van der Waals surface area (Å²) < 4.78 is 21.2. The molecule has 1 saturated heterocycles. The zero-order chi connectivity index (χ0) is 32.2. The lowest BCUT2D eigenvalue weighted by atomic mass is 10.1. The first kappa shape index (κ1) is 33.5. The van der Waals surface area contributed by atoms with Crippen molar-refractivity contribution < 1.29 is 19.0 Å². The number of aryl methyl sites for hydroxylation is 1. The van der Waals surface area contributed by atoms with Crippen molar-refractivity contribution in [2.45, 2.75) is 110 Å². The number of pyridine rings is 1. The molecule has 0 bridgehead atoms. The van der Waals surface area contributed by atoms with Crippen molar-refractivity contribution in [2.24, 2.45) is 7.05 Å². The van der Waals surface area contributed by atoms with Crippen LogP contribution in [0.4, 0.5) is 4.79 Å². The topological polar surface area (TPSA) is 105 Å². The first-order valence-corrected chi connectivity index (χ1v) is 18.1. The van der Waals surface area contributed by atoms with Crippen LogP contribution >= 0.6 is 0 Å². The highest BCUT2D eigenvalue weighted by atomic mass is 28.3. The van der Waals surface area contributed by atoms with Crippen molar-refractivity contribution in [1.29, 1.82) is 0 Å². The van der Waals surface area contributed by atoms with Gasteiger partial charge in [0.25, 0.3) is 0 Å². The van der Waals surface area contributed by atoms with Crippen LogP contribution in [0.5, 0.6) is 5.88 Å². The molecule has 10 nitrogen and oxygen atoms in total. The van der Waals surface area contributed by atoms with Crippen LogP contribution in [0.25, 0.3) is 22.2 Å². The molecule has 3 aromatic heterocycles. The Hall–Kier alpha value is -3.36. The molecule has 44 heavy (non-hydrogen) atoms. The number of ether oxygens (including phenoxy) is 3. The highest BCUT2D eigenvalue weighted by Gasteiger charge is 2.41. The molecule has 1 fully saturated rings. The average Bonchev–Trinajstić information content (AvgIpc) is 3.50. The van der Waals surface area contributed by atoms with Gasteiger partial charge in [0.15, 0.2) is 6.23 Å². The molecule has 0 aromatic carbocycles. The molecule has 0 spiro atoms. The number of alkyl carbamates (subject to hydrolysis) is 1. The van der Waals surface area contributed by atoms with E-state index in [1.807, 2.05) is 44.8 Å². The molecular formula is C33H50N6O4Si. The van der Waals surface area contributed by atoms with Crippen molar-refractivity contribution in [1.82, 2.24) is 29.9 Å². The number of fused-ring (bicyclic) bond motifs is 1. The SMILES string of the molecule is CC(C)[Si](C#Cc1nn(C2CCCCO2)c2cnc(-c3cnn(C)c3OCCNC(=O)OC(C)(C)C)cc12)(C(C)C)C(C)C. The molecule has 240 valence electrons. The third-order valence-corrected chi connectivity index (χ3v) is 14.7. The number of nitrogens with one attached hydrogen (secondary N) is 1. The van der Waals surface area contributed by atoms with Crippen LogP contribution in [-0.4, -0.2) is 64.1 Å². The van der Waals surface area contributed by atoms with E-state index < -0.39 is 19.8 Å². The Kier molecular flexibility index (Phi) is 10.5. The van der Waals surface area contributed by atoms with Gasteiger partial charge in [0, 0.05) is 19.0 Å². The van der Waals surface area contributed by atoms with Gasteiger partial charge in [-0.3, -0.25) is 4.98 Å². The monoisotopic (exact) mass is 622 g/mol. The highest BCUT2D eigenvalue weighted by Crippen LogP contribution is 2.41. The van der Waals surface area contributed by atoms with E-state index in [0.717, 1.165) is 48.0 Å². The minimum absolute atomic E-state index is 0.133. The van der Waals surface area contributed by atoms with Crippen molar-refractivity contribution >= 4 is 25.1 Å². The molecule has 4 rings (SSSR count). The van der Waals surface area contributed by atoms with Crippen molar-refractivity contribution in [3.63, 3.8) is 0 Å². The lowest BCUT2D eigenvalue weighted by Crippen LogP contribution is -2.43. The van der Waals surface area contributed by atoms with Gasteiger partial charge in [-0.2, -0.15) is 10.2 Å². The van der Waals surface area contributed by atoms with E-state index in [0.29, 0.717) is 28.2 Å². The summed E-state index contributed by atoms with van der Waals surface area (Å²) in [6.07, 6.45) is 6.07. The molecular weight excluding hydrogens is 572 g/mol. The average molecular weight is 623 g/mol. The Morgan fingerprint density at radius 1 is 1.14 bits per heavy atom. The molecule has 3 aromatic rings. The maximum absolute atomic E-state index is 12.0. The van der Waals surface area contributed by atoms with E-state index in [1.54, 1.807) is 10.9 Å². The third-order valence-electron chi connectivity index (χ3n) is 8.45. The van der Waals surface area contributed by atoms with Gasteiger partial charge in [-0.05, 0) is 62.7 Å². The highest BCUT2D eigenvalue weighted by molar-refractivity contribution is 6.90. The minimum atomic E-state index is -1.98. The van der Waals surface area contributed by atoms with E-state index in [-0.39, 0.29) is 19.4 Å². The lowest BCUT2D eigenvalue weighted by molar-refractivity contribution is -0.0367. The first-order chi connectivity index (χ1) is 20.7. The van der Waals surface area contributed by atoms with Gasteiger partial charge in [0.05, 0.1) is 35.7 Å². The van der Waals surface area contributed by atoms with Gasteiger partial charge < -0.3 is 19.5 Å². The van der Waals surface area contributed by atoms with E-state index in [2.05, 4.69) is 63.4 Å². The Morgan fingerprint density at radius 2 is 1.84 bits per heavy atom. The second-order valence-corrected chi connectivity index (χ2v) is 19.2. The fraction of sp³-hybridized carbons (Fsp3) is 0.636. The Bertz CT molecular complexity index is 1480. The summed E-state index contributed by atoms with van der Waals surface area (Å²) in [5.41, 5.74) is 7.97. The van der Waals surface area contributed by atoms with Crippen LogP contribution in [0.2, 0.25) is 16.6 Å². The van der Waals surface area contributed by atoms with Crippen LogP contribution < -0.4 is 10.1 Å². The number of rotatable bonds is 9. The van der Waals surface area contributed by atoms with Crippen molar-refractivity contribution in [3.05, 3.63) is 24.2 Å². The summed E-state index contributed by atoms with van der Waals surface area (Å²) in [6, 6.07) is 2.04. The van der Waals surface area contributed by atoms with Crippen LogP contribution in [0.1, 0.15) is 93.5 Å². The number of nitrogens with zero attached hydrogens (tertiary/aromatic N) is 5. The second-order valence-electron chi connectivity index (χ2n) is 13.6. The summed E-state index contributed by atoms with van der Waals surface area (Å²) in [4.78, 5) is 16.9. The predicted octanol–water partition coefficient (Wildman–Crippen LogP) is 7.00. The van der Waals surface area contributed by atoms with Crippen molar-refractivity contribution in [3.8, 4) is 28.6 Å². The van der Waals surface area contributed by atoms with Crippen LogP contribution in [0.3, 0.4) is 0 Å². The van der Waals surface area contributed by atoms with E-state index in [9.17, 15) is 4.79 Å². The Balaban J connectivity index is 1.70. The van der Waals surface area contributed by atoms with Gasteiger partial charge in [-0.1, -0.05) is 47.5 Å². The van der Waals surface area contributed by atoms with E-state index >= 15 is 0 Å². The largest absolute Gasteiger partial charge is 0.475 e. The summed E-state index contributed by atoms with van der Waals surface area (Å²) in [5, 5.41) is 13.2. The molecule has 0 radical (unpaired) electrons. The van der Waals surface area contributed by atoms with Gasteiger partial charge in [0.1, 0.15) is 26.0 Å². The maximum atomic E-state index is 12.0. The molecule has 4 heterocycles. The summed E-state index contributed by atoms with van der Waals surface area (Å²) in [6.45, 7) is 20.7. The van der Waals surface area contributed by atoms with Crippen LogP contribution in [0, 0.1) is 11.5 Å². The molecule has 1 aliphatic heterocycles. The number of aromatic nitrogens is 5. The maximum Gasteiger partial charge on any atom is 0.407 e. The smallest absolute Gasteiger partial charge is 0.407 e. The fourth-order valence-corrected chi connectivity index (χ4v) is 11.6. The zero-order valence-electron chi connectivity index (χ0n) is 28.2. The predicted molar refractivity (Wildman–Crippen MR) is 176 cm³/mol. The molecule has 1 amide bonds. The minimum Gasteiger partial charge on any atom is -0.475 e. The number of hydrogen-bond acceptors (Lipinski definition) is 7. The summed E-state index contributed by atoms with van der Waals surface area (Å²) >= 11 is 0. The van der Waals surface area contributed by atoms with Crippen LogP contribution in [0.15, 0.2) is 18.5 Å². The molecule has 0 aliphatic carbocycles. The van der Waals surface area contributed by atoms with Gasteiger partial charge in [0.2, 0.25) is 5.88 Å². The standard InChI is InChI=1S/C33H50N6O4Si/c1-22(2)44(23(3)4,24(5)6)18-14-27-25-19-28(35-21-29(25)39(37-27)30-13-11-12-16-41-30)26-20-36-38(10)31(26)42-17-15-34-32(40)43-33(7,8)9/h19-24,30H,11-13,15-17H2,1-10H3,(H,34,40). The molecule has 11 heteroatoms. The quantitative estimate of drug-likeness (QED) is 0.156. The van der Waals surface area contributed by atoms with Crippen LogP contribution in [-0.2, 0) is 16.5 Å². The number of carbonyl (C=O) groups excluding carboxylic acids is 1. The normalized spacial score (nSPS) is 16.0. The lowest BCUT2D eigenvalue weighted by Gasteiger charge is -2.38. The van der Waals surface area contributed by atoms with Gasteiger partial charge in [-0.15, -0.1) is 5.54 Å². The first-order valence-electron chi connectivity index (χ1n) is 15.9. The van der Waals surface area contributed by atoms with Gasteiger partial charge in [-0.25, -0.2) is 14.2 Å².